The number of carbonyl (C=O) groups excluding carboxylic acids is 1. The lowest BCUT2D eigenvalue weighted by atomic mass is 10.2. The van der Waals surface area contributed by atoms with Crippen molar-refractivity contribution in [2.24, 2.45) is 0 Å². The average molecular weight is 407 g/mol. The molecule has 0 radical (unpaired) electrons. The number of nitrogens with zero attached hydrogens (tertiary/aromatic N) is 1. The van der Waals surface area contributed by atoms with Gasteiger partial charge >= 0.3 is 0 Å². The molecule has 0 bridgehead atoms. The summed E-state index contributed by atoms with van der Waals surface area (Å²) in [7, 11) is -3.75. The minimum atomic E-state index is -3.75. The van der Waals surface area contributed by atoms with E-state index >= 15 is 0 Å². The summed E-state index contributed by atoms with van der Waals surface area (Å²) < 4.78 is 26.2. The van der Waals surface area contributed by atoms with Gasteiger partial charge < -0.3 is 5.32 Å². The van der Waals surface area contributed by atoms with Crippen molar-refractivity contribution in [3.05, 3.63) is 81.8 Å². The van der Waals surface area contributed by atoms with Crippen molar-refractivity contribution in [2.45, 2.75) is 10.1 Å². The number of nitrogens with one attached hydrogen (secondary N) is 1. The van der Waals surface area contributed by atoms with Crippen LogP contribution < -0.4 is 5.32 Å². The molecule has 0 saturated carbocycles. The number of thiophene rings is 1. The number of rotatable bonds is 6. The number of carbonyl (C=O) groups is 1. The van der Waals surface area contributed by atoms with Crippen LogP contribution in [0.2, 0.25) is 5.02 Å². The first kappa shape index (κ1) is 18.6. The van der Waals surface area contributed by atoms with Crippen LogP contribution in [-0.2, 0) is 9.84 Å². The van der Waals surface area contributed by atoms with Gasteiger partial charge in [-0.3, -0.25) is 9.78 Å². The Kier molecular flexibility index (Phi) is 5.70. The summed E-state index contributed by atoms with van der Waals surface area (Å²) in [6.07, 6.45) is 3.06. The minimum absolute atomic E-state index is 0.0621. The molecule has 134 valence electrons. The van der Waals surface area contributed by atoms with Gasteiger partial charge in [-0.1, -0.05) is 23.7 Å². The number of pyridine rings is 1. The topological polar surface area (TPSA) is 76.1 Å². The Labute approximate surface area is 160 Å². The molecule has 1 unspecified atom stereocenters. The lowest BCUT2D eigenvalue weighted by Gasteiger charge is -2.18. The maximum atomic E-state index is 13.1. The van der Waals surface area contributed by atoms with E-state index < -0.39 is 15.1 Å². The van der Waals surface area contributed by atoms with Gasteiger partial charge in [-0.2, -0.15) is 0 Å². The lowest BCUT2D eigenvalue weighted by Crippen LogP contribution is -2.31. The van der Waals surface area contributed by atoms with Crippen molar-refractivity contribution in [2.75, 3.05) is 6.54 Å². The molecule has 1 atom stereocenters. The van der Waals surface area contributed by atoms with Crippen LogP contribution in [0.25, 0.3) is 0 Å². The fourth-order valence-corrected chi connectivity index (χ4v) is 4.85. The van der Waals surface area contributed by atoms with E-state index in [9.17, 15) is 13.2 Å². The van der Waals surface area contributed by atoms with E-state index in [2.05, 4.69) is 10.3 Å². The van der Waals surface area contributed by atoms with Crippen LogP contribution >= 0.6 is 22.9 Å². The molecule has 8 heteroatoms. The maximum absolute atomic E-state index is 13.1. The number of hydrogen-bond donors (Lipinski definition) is 1. The third-order valence-corrected chi connectivity index (χ3v) is 7.00. The summed E-state index contributed by atoms with van der Waals surface area (Å²) in [5.41, 5.74) is 0.508. The largest absolute Gasteiger partial charge is 0.350 e. The highest BCUT2D eigenvalue weighted by Crippen LogP contribution is 2.29. The van der Waals surface area contributed by atoms with Crippen LogP contribution in [0.5, 0.6) is 0 Å². The van der Waals surface area contributed by atoms with Gasteiger partial charge in [0.25, 0.3) is 5.91 Å². The number of halogens is 1. The zero-order valence-corrected chi connectivity index (χ0v) is 15.9. The molecule has 1 N–H and O–H groups in total. The van der Waals surface area contributed by atoms with E-state index in [-0.39, 0.29) is 17.3 Å². The Hall–Kier alpha value is -2.22. The standard InChI is InChI=1S/C18H15ClN2O3S2/c19-14-5-7-15(8-6-14)26(23,24)17(13-3-1-9-20-11-13)12-21-18(22)16-4-2-10-25-16/h1-11,17H,12H2,(H,21,22). The average Bonchev–Trinajstić information content (AvgIpc) is 3.17. The Bertz CT molecular complexity index is 973. The molecule has 0 aliphatic carbocycles. The van der Waals surface area contributed by atoms with Crippen molar-refractivity contribution in [1.82, 2.24) is 10.3 Å². The predicted molar refractivity (Wildman–Crippen MR) is 102 cm³/mol. The van der Waals surface area contributed by atoms with Crippen molar-refractivity contribution in [1.29, 1.82) is 0 Å². The Balaban J connectivity index is 1.91. The smallest absolute Gasteiger partial charge is 0.261 e. The Morgan fingerprint density at radius 2 is 1.92 bits per heavy atom. The second kappa shape index (κ2) is 7.99. The van der Waals surface area contributed by atoms with E-state index in [1.807, 2.05) is 0 Å². The summed E-state index contributed by atoms with van der Waals surface area (Å²) in [6, 6.07) is 12.8. The van der Waals surface area contributed by atoms with Gasteiger partial charge in [-0.25, -0.2) is 8.42 Å². The van der Waals surface area contributed by atoms with E-state index in [4.69, 9.17) is 11.6 Å². The van der Waals surface area contributed by atoms with Crippen LogP contribution in [0.1, 0.15) is 20.5 Å². The van der Waals surface area contributed by atoms with E-state index in [1.54, 1.807) is 35.8 Å². The minimum Gasteiger partial charge on any atom is -0.350 e. The third kappa shape index (κ3) is 4.12. The normalized spacial score (nSPS) is 12.5. The van der Waals surface area contributed by atoms with Crippen molar-refractivity contribution >= 4 is 38.7 Å². The maximum Gasteiger partial charge on any atom is 0.261 e. The Morgan fingerprint density at radius 3 is 2.54 bits per heavy atom. The quantitative estimate of drug-likeness (QED) is 0.676. The molecule has 0 fully saturated rings. The molecule has 0 saturated heterocycles. The molecule has 2 heterocycles. The van der Waals surface area contributed by atoms with Crippen LogP contribution in [0, 0.1) is 0 Å². The van der Waals surface area contributed by atoms with Crippen molar-refractivity contribution < 1.29 is 13.2 Å². The van der Waals surface area contributed by atoms with Crippen LogP contribution in [0.3, 0.4) is 0 Å². The van der Waals surface area contributed by atoms with Crippen molar-refractivity contribution in [3.63, 3.8) is 0 Å². The fourth-order valence-electron chi connectivity index (χ4n) is 2.44. The second-order valence-electron chi connectivity index (χ2n) is 5.46. The van der Waals surface area contributed by atoms with Crippen LogP contribution in [-0.4, -0.2) is 25.9 Å². The molecular formula is C18H15ClN2O3S2. The second-order valence-corrected chi connectivity index (χ2v) is 8.98. The molecule has 26 heavy (non-hydrogen) atoms. The van der Waals surface area contributed by atoms with Gasteiger partial charge in [0, 0.05) is 24.0 Å². The molecule has 1 amide bonds. The molecule has 1 aromatic carbocycles. The van der Waals surface area contributed by atoms with E-state index in [1.165, 1.54) is 41.8 Å². The molecule has 0 aliphatic heterocycles. The van der Waals surface area contributed by atoms with Gasteiger partial charge in [0.1, 0.15) is 5.25 Å². The number of benzene rings is 1. The molecule has 0 aliphatic rings. The van der Waals surface area contributed by atoms with Crippen molar-refractivity contribution in [3.8, 4) is 0 Å². The Morgan fingerprint density at radius 1 is 1.15 bits per heavy atom. The SMILES string of the molecule is O=C(NCC(c1cccnc1)S(=O)(=O)c1ccc(Cl)cc1)c1cccs1. The summed E-state index contributed by atoms with van der Waals surface area (Å²) >= 11 is 7.15. The summed E-state index contributed by atoms with van der Waals surface area (Å²) in [6.45, 7) is -0.0621. The van der Waals surface area contributed by atoms with Crippen LogP contribution in [0.4, 0.5) is 0 Å². The monoisotopic (exact) mass is 406 g/mol. The van der Waals surface area contributed by atoms with Gasteiger partial charge in [-0.15, -0.1) is 11.3 Å². The first-order chi connectivity index (χ1) is 12.5. The highest BCUT2D eigenvalue weighted by atomic mass is 35.5. The predicted octanol–water partition coefficient (Wildman–Crippen LogP) is 3.74. The molecule has 2 aromatic heterocycles. The molecule has 5 nitrogen and oxygen atoms in total. The van der Waals surface area contributed by atoms with Crippen LogP contribution in [0.15, 0.2) is 71.2 Å². The summed E-state index contributed by atoms with van der Waals surface area (Å²) in [4.78, 5) is 16.9. The highest BCUT2D eigenvalue weighted by Gasteiger charge is 2.30. The number of hydrogen-bond acceptors (Lipinski definition) is 5. The third-order valence-electron chi connectivity index (χ3n) is 3.77. The fraction of sp³-hybridized carbons (Fsp3) is 0.111. The molecule has 3 rings (SSSR count). The molecule has 3 aromatic rings. The first-order valence-corrected chi connectivity index (χ1v) is 10.5. The highest BCUT2D eigenvalue weighted by molar-refractivity contribution is 7.91. The number of aromatic nitrogens is 1. The van der Waals surface area contributed by atoms with Gasteiger partial charge in [0.05, 0.1) is 9.77 Å². The van der Waals surface area contributed by atoms with Gasteiger partial charge in [-0.05, 0) is 47.3 Å². The van der Waals surface area contributed by atoms with Gasteiger partial charge in [0.15, 0.2) is 9.84 Å². The summed E-state index contributed by atoms with van der Waals surface area (Å²) in [5.74, 6) is -0.305. The zero-order chi connectivity index (χ0) is 18.6. The van der Waals surface area contributed by atoms with Gasteiger partial charge in [0.2, 0.25) is 0 Å². The zero-order valence-electron chi connectivity index (χ0n) is 13.5. The first-order valence-electron chi connectivity index (χ1n) is 7.69. The number of sulfone groups is 1. The lowest BCUT2D eigenvalue weighted by molar-refractivity contribution is 0.0957. The summed E-state index contributed by atoms with van der Waals surface area (Å²) in [5, 5.41) is 3.99. The van der Waals surface area contributed by atoms with E-state index in [0.29, 0.717) is 15.5 Å². The number of amides is 1. The molecular weight excluding hydrogens is 392 g/mol. The molecule has 0 spiro atoms. The van der Waals surface area contributed by atoms with E-state index in [0.717, 1.165) is 0 Å².